The van der Waals surface area contributed by atoms with Gasteiger partial charge in [0.1, 0.15) is 12.1 Å². The Morgan fingerprint density at radius 3 is 2.56 bits per heavy atom. The van der Waals surface area contributed by atoms with Gasteiger partial charge < -0.3 is 15.4 Å². The van der Waals surface area contributed by atoms with Gasteiger partial charge in [-0.3, -0.25) is 19.4 Å². The smallest absolute Gasteiger partial charge is 0.325 e. The maximum atomic E-state index is 12.6. The Balaban J connectivity index is 1.53. The second-order valence-corrected chi connectivity index (χ2v) is 8.53. The highest BCUT2D eigenvalue weighted by atomic mass is 16.5. The summed E-state index contributed by atoms with van der Waals surface area (Å²) in [5.74, 6) is 0.135. The Morgan fingerprint density at radius 2 is 1.96 bits per heavy atom. The molecule has 8 nitrogen and oxygen atoms in total. The normalized spacial score (nSPS) is 27.8. The molecule has 0 unspecified atom stereocenters. The highest BCUT2D eigenvalue weighted by Crippen LogP contribution is 2.42. The molecule has 2 aliphatic heterocycles. The lowest BCUT2D eigenvalue weighted by Gasteiger charge is -2.35. The number of amides is 4. The Bertz CT molecular complexity index is 586. The van der Waals surface area contributed by atoms with Crippen molar-refractivity contribution in [3.8, 4) is 0 Å². The van der Waals surface area contributed by atoms with Gasteiger partial charge in [0.05, 0.1) is 13.2 Å². The van der Waals surface area contributed by atoms with Gasteiger partial charge in [-0.15, -0.1) is 0 Å². The molecular formula is C19H32N4O4. The van der Waals surface area contributed by atoms with Gasteiger partial charge in [0.25, 0.3) is 5.91 Å². The summed E-state index contributed by atoms with van der Waals surface area (Å²) in [5.41, 5.74) is -0.842. The molecular weight excluding hydrogens is 348 g/mol. The number of hydrogen-bond acceptors (Lipinski definition) is 5. The number of nitrogens with zero attached hydrogens (tertiary/aromatic N) is 2. The topological polar surface area (TPSA) is 91.0 Å². The van der Waals surface area contributed by atoms with Crippen LogP contribution in [0.1, 0.15) is 40.0 Å². The van der Waals surface area contributed by atoms with Crippen LogP contribution in [0.15, 0.2) is 0 Å². The zero-order chi connectivity index (χ0) is 19.6. The van der Waals surface area contributed by atoms with Gasteiger partial charge in [0.15, 0.2) is 0 Å². The number of rotatable bonds is 8. The van der Waals surface area contributed by atoms with Crippen LogP contribution < -0.4 is 10.6 Å². The van der Waals surface area contributed by atoms with E-state index in [0.29, 0.717) is 25.7 Å². The van der Waals surface area contributed by atoms with E-state index in [4.69, 9.17) is 4.74 Å². The Morgan fingerprint density at radius 1 is 1.30 bits per heavy atom. The van der Waals surface area contributed by atoms with E-state index in [-0.39, 0.29) is 30.3 Å². The average Bonchev–Trinajstić information content (AvgIpc) is 3.45. The molecule has 0 aromatic carbocycles. The molecule has 3 rings (SSSR count). The molecule has 2 N–H and O–H groups in total. The van der Waals surface area contributed by atoms with Crippen molar-refractivity contribution in [3.05, 3.63) is 0 Å². The molecule has 152 valence electrons. The van der Waals surface area contributed by atoms with Crippen molar-refractivity contribution in [3.63, 3.8) is 0 Å². The Labute approximate surface area is 161 Å². The lowest BCUT2D eigenvalue weighted by atomic mass is 9.96. The van der Waals surface area contributed by atoms with Gasteiger partial charge in [0.2, 0.25) is 5.91 Å². The highest BCUT2D eigenvalue weighted by molar-refractivity contribution is 6.09. The number of nitrogens with one attached hydrogen (secondary N) is 2. The summed E-state index contributed by atoms with van der Waals surface area (Å²) < 4.78 is 5.42. The van der Waals surface area contributed by atoms with Crippen molar-refractivity contribution >= 4 is 17.8 Å². The molecule has 8 heteroatoms. The first-order valence-electron chi connectivity index (χ1n) is 10.0. The Hall–Kier alpha value is -1.67. The molecule has 2 atom stereocenters. The van der Waals surface area contributed by atoms with Crippen LogP contribution in [-0.4, -0.2) is 78.6 Å². The van der Waals surface area contributed by atoms with Gasteiger partial charge >= 0.3 is 6.03 Å². The fourth-order valence-corrected chi connectivity index (χ4v) is 4.08. The molecule has 2 saturated heterocycles. The predicted molar refractivity (Wildman–Crippen MR) is 100 cm³/mol. The van der Waals surface area contributed by atoms with Crippen LogP contribution in [0.5, 0.6) is 0 Å². The van der Waals surface area contributed by atoms with E-state index in [1.807, 2.05) is 0 Å². The van der Waals surface area contributed by atoms with Crippen LogP contribution in [0.3, 0.4) is 0 Å². The van der Waals surface area contributed by atoms with Crippen molar-refractivity contribution in [2.45, 2.75) is 51.6 Å². The van der Waals surface area contributed by atoms with Crippen LogP contribution >= 0.6 is 0 Å². The fraction of sp³-hybridized carbons (Fsp3) is 0.842. The first-order chi connectivity index (χ1) is 12.8. The van der Waals surface area contributed by atoms with Gasteiger partial charge in [-0.05, 0) is 38.0 Å². The molecule has 4 amide bonds. The number of morpholine rings is 1. The van der Waals surface area contributed by atoms with Crippen molar-refractivity contribution in [2.75, 3.05) is 39.4 Å². The van der Waals surface area contributed by atoms with Crippen molar-refractivity contribution in [2.24, 2.45) is 11.8 Å². The number of imide groups is 1. The molecule has 0 aromatic heterocycles. The zero-order valence-electron chi connectivity index (χ0n) is 16.6. The van der Waals surface area contributed by atoms with Crippen LogP contribution in [0.2, 0.25) is 0 Å². The van der Waals surface area contributed by atoms with E-state index in [0.717, 1.165) is 37.3 Å². The first kappa shape index (κ1) is 20.1. The van der Waals surface area contributed by atoms with E-state index >= 15 is 0 Å². The largest absolute Gasteiger partial charge is 0.379 e. The van der Waals surface area contributed by atoms with Crippen LogP contribution in [0.25, 0.3) is 0 Å². The summed E-state index contributed by atoms with van der Waals surface area (Å²) in [6, 6.07) is -0.228. The number of hydrogen-bond donors (Lipinski definition) is 2. The van der Waals surface area contributed by atoms with Crippen LogP contribution in [0.4, 0.5) is 4.79 Å². The fourth-order valence-electron chi connectivity index (χ4n) is 4.08. The van der Waals surface area contributed by atoms with Gasteiger partial charge in [-0.25, -0.2) is 4.79 Å². The molecule has 27 heavy (non-hydrogen) atoms. The van der Waals surface area contributed by atoms with Crippen molar-refractivity contribution in [1.29, 1.82) is 0 Å². The van der Waals surface area contributed by atoms with Gasteiger partial charge in [0, 0.05) is 25.7 Å². The average molecular weight is 380 g/mol. The molecule has 0 radical (unpaired) electrons. The maximum absolute atomic E-state index is 12.6. The van der Waals surface area contributed by atoms with E-state index in [1.54, 1.807) is 6.92 Å². The summed E-state index contributed by atoms with van der Waals surface area (Å²) in [6.45, 7) is 9.54. The molecule has 3 aliphatic rings. The minimum absolute atomic E-state index is 0.193. The third-order valence-electron chi connectivity index (χ3n) is 5.84. The van der Waals surface area contributed by atoms with E-state index in [9.17, 15) is 14.4 Å². The first-order valence-corrected chi connectivity index (χ1v) is 10.0. The van der Waals surface area contributed by atoms with E-state index < -0.39 is 11.6 Å². The standard InChI is InChI=1S/C19H32N4O4/c1-13(2)10-15(22-6-8-27-9-7-22)11-20-16(24)12-23-17(25)19(3,14-4-5-14)21-18(23)26/h13-15H,4-12H2,1-3H3,(H,20,24)(H,21,26)/t15-,19+/m1/s1. The second kappa shape index (κ2) is 8.14. The number of ether oxygens (including phenoxy) is 1. The number of carbonyl (C=O) groups is 3. The quantitative estimate of drug-likeness (QED) is 0.601. The molecule has 2 heterocycles. The highest BCUT2D eigenvalue weighted by Gasteiger charge is 2.56. The minimum atomic E-state index is -0.842. The molecule has 1 aliphatic carbocycles. The molecule has 0 aromatic rings. The maximum Gasteiger partial charge on any atom is 0.325 e. The van der Waals surface area contributed by atoms with E-state index in [1.165, 1.54) is 0 Å². The summed E-state index contributed by atoms with van der Waals surface area (Å²) >= 11 is 0. The molecule has 1 saturated carbocycles. The summed E-state index contributed by atoms with van der Waals surface area (Å²) in [4.78, 5) is 40.7. The Kier molecular flexibility index (Phi) is 6.05. The zero-order valence-corrected chi connectivity index (χ0v) is 16.6. The molecule has 3 fully saturated rings. The molecule has 0 bridgehead atoms. The summed E-state index contributed by atoms with van der Waals surface area (Å²) in [6.07, 6.45) is 2.86. The second-order valence-electron chi connectivity index (χ2n) is 8.53. The molecule has 0 spiro atoms. The summed E-state index contributed by atoms with van der Waals surface area (Å²) in [5, 5.41) is 5.71. The van der Waals surface area contributed by atoms with Crippen LogP contribution in [0, 0.1) is 11.8 Å². The van der Waals surface area contributed by atoms with E-state index in [2.05, 4.69) is 29.4 Å². The van der Waals surface area contributed by atoms with Crippen molar-refractivity contribution < 1.29 is 19.1 Å². The summed E-state index contributed by atoms with van der Waals surface area (Å²) in [7, 11) is 0. The minimum Gasteiger partial charge on any atom is -0.379 e. The lowest BCUT2D eigenvalue weighted by Crippen LogP contribution is -2.51. The third kappa shape index (κ3) is 4.60. The SMILES string of the molecule is CC(C)C[C@H](CNC(=O)CN1C(=O)N[C@@](C)(C2CC2)C1=O)N1CCOCC1. The predicted octanol–water partition coefficient (Wildman–Crippen LogP) is 0.570. The third-order valence-corrected chi connectivity index (χ3v) is 5.84. The van der Waals surface area contributed by atoms with Crippen LogP contribution in [-0.2, 0) is 14.3 Å². The monoisotopic (exact) mass is 380 g/mol. The van der Waals surface area contributed by atoms with Crippen molar-refractivity contribution in [1.82, 2.24) is 20.4 Å². The number of carbonyl (C=O) groups excluding carboxylic acids is 3. The lowest BCUT2D eigenvalue weighted by molar-refractivity contribution is -0.135. The number of urea groups is 1. The van der Waals surface area contributed by atoms with Gasteiger partial charge in [-0.2, -0.15) is 0 Å². The van der Waals surface area contributed by atoms with Gasteiger partial charge in [-0.1, -0.05) is 13.8 Å².